The molecule has 0 bridgehead atoms. The molecule has 0 aliphatic rings. The summed E-state index contributed by atoms with van der Waals surface area (Å²) in [7, 11) is 3.14. The fraction of sp³-hybridized carbons (Fsp3) is 0.421. The lowest BCUT2D eigenvalue weighted by Gasteiger charge is -2.13. The number of carbonyl (C=O) groups is 1. The average Bonchev–Trinajstić information content (AvgIpc) is 2.87. The monoisotopic (exact) mass is 347 g/mol. The molecular formula is C19H25NO5. The number of aromatic amines is 1. The third kappa shape index (κ3) is 3.79. The molecule has 0 aliphatic heterocycles. The largest absolute Gasteiger partial charge is 0.493 e. The Morgan fingerprint density at radius 2 is 1.76 bits per heavy atom. The lowest BCUT2D eigenvalue weighted by Crippen LogP contribution is -2.08. The van der Waals surface area contributed by atoms with Crippen LogP contribution < -0.4 is 9.47 Å². The minimum absolute atomic E-state index is 0.118. The van der Waals surface area contributed by atoms with Crippen molar-refractivity contribution in [3.05, 3.63) is 45.8 Å². The number of H-pyrrole nitrogens is 1. The van der Waals surface area contributed by atoms with E-state index in [-0.39, 0.29) is 6.61 Å². The molecule has 0 fully saturated rings. The molecule has 0 saturated heterocycles. The summed E-state index contributed by atoms with van der Waals surface area (Å²) in [5.41, 5.74) is 4.35. The number of nitrogens with one attached hydrogen (secondary N) is 1. The van der Waals surface area contributed by atoms with Gasteiger partial charge in [0.1, 0.15) is 12.3 Å². The second-order valence-corrected chi connectivity index (χ2v) is 6.05. The molecule has 6 nitrogen and oxygen atoms in total. The fourth-order valence-electron chi connectivity index (χ4n) is 2.99. The number of aliphatic hydroxyl groups excluding tert-OH is 1. The van der Waals surface area contributed by atoms with Gasteiger partial charge in [0.05, 0.1) is 20.3 Å². The van der Waals surface area contributed by atoms with E-state index in [4.69, 9.17) is 14.2 Å². The molecule has 1 aromatic heterocycles. The summed E-state index contributed by atoms with van der Waals surface area (Å²) in [4.78, 5) is 15.4. The van der Waals surface area contributed by atoms with Gasteiger partial charge in [0.25, 0.3) is 0 Å². The smallest absolute Gasteiger partial charge is 0.355 e. The lowest BCUT2D eigenvalue weighted by molar-refractivity contribution is 0.0464. The molecular weight excluding hydrogens is 322 g/mol. The Bertz CT molecular complexity index is 777. The Balaban J connectivity index is 2.20. The van der Waals surface area contributed by atoms with Crippen molar-refractivity contribution in [2.24, 2.45) is 0 Å². The molecule has 0 radical (unpaired) electrons. The zero-order valence-corrected chi connectivity index (χ0v) is 15.5. The quantitative estimate of drug-likeness (QED) is 0.783. The van der Waals surface area contributed by atoms with Crippen LogP contribution in [0.5, 0.6) is 11.5 Å². The maximum absolute atomic E-state index is 12.4. The van der Waals surface area contributed by atoms with E-state index in [1.807, 2.05) is 19.9 Å². The van der Waals surface area contributed by atoms with Gasteiger partial charge in [-0.2, -0.15) is 0 Å². The molecule has 136 valence electrons. The van der Waals surface area contributed by atoms with E-state index < -0.39 is 12.1 Å². The first-order chi connectivity index (χ1) is 11.8. The molecule has 0 saturated carbocycles. The van der Waals surface area contributed by atoms with Crippen LogP contribution in [0.3, 0.4) is 0 Å². The van der Waals surface area contributed by atoms with Crippen molar-refractivity contribution in [2.45, 2.75) is 40.4 Å². The highest BCUT2D eigenvalue weighted by Gasteiger charge is 2.21. The number of benzene rings is 1. The van der Waals surface area contributed by atoms with Crippen LogP contribution >= 0.6 is 0 Å². The molecule has 2 rings (SSSR count). The first kappa shape index (κ1) is 18.9. The molecule has 0 spiro atoms. The average molecular weight is 347 g/mol. The van der Waals surface area contributed by atoms with Crippen molar-refractivity contribution in [3.8, 4) is 11.5 Å². The molecule has 25 heavy (non-hydrogen) atoms. The number of aromatic nitrogens is 1. The minimum Gasteiger partial charge on any atom is -0.493 e. The number of carbonyl (C=O) groups excluding carboxylic acids is 1. The number of rotatable bonds is 6. The van der Waals surface area contributed by atoms with Crippen LogP contribution in [0.4, 0.5) is 0 Å². The maximum Gasteiger partial charge on any atom is 0.355 e. The highest BCUT2D eigenvalue weighted by molar-refractivity contribution is 5.89. The van der Waals surface area contributed by atoms with E-state index in [9.17, 15) is 9.90 Å². The highest BCUT2D eigenvalue weighted by Crippen LogP contribution is 2.31. The molecule has 0 unspecified atom stereocenters. The summed E-state index contributed by atoms with van der Waals surface area (Å²) in [6.07, 6.45) is -0.647. The van der Waals surface area contributed by atoms with Gasteiger partial charge in [0.2, 0.25) is 0 Å². The molecule has 0 aliphatic carbocycles. The van der Waals surface area contributed by atoms with E-state index in [0.29, 0.717) is 22.8 Å². The Hall–Kier alpha value is -2.47. The van der Waals surface area contributed by atoms with E-state index in [2.05, 4.69) is 4.98 Å². The van der Waals surface area contributed by atoms with E-state index >= 15 is 0 Å². The van der Waals surface area contributed by atoms with Crippen LogP contribution in [-0.4, -0.2) is 30.3 Å². The summed E-state index contributed by atoms with van der Waals surface area (Å²) in [6.45, 7) is 7.33. The second kappa shape index (κ2) is 7.61. The molecule has 0 amide bonds. The van der Waals surface area contributed by atoms with Gasteiger partial charge in [-0.05, 0) is 56.5 Å². The fourth-order valence-corrected chi connectivity index (χ4v) is 2.99. The van der Waals surface area contributed by atoms with E-state index in [1.54, 1.807) is 34.1 Å². The standard InChI is InChI=1S/C19H25NO5/c1-10-7-15(23-5)16(24-6)8-14(10)9-25-19(22)18-11(2)17(13(4)21)12(3)20-18/h7-8,13,20-21H,9H2,1-6H3/t13-/m0/s1. The molecule has 6 heteroatoms. The number of ether oxygens (including phenoxy) is 3. The number of hydrogen-bond acceptors (Lipinski definition) is 5. The first-order valence-corrected chi connectivity index (χ1v) is 8.05. The van der Waals surface area contributed by atoms with Crippen LogP contribution in [-0.2, 0) is 11.3 Å². The van der Waals surface area contributed by atoms with Crippen LogP contribution in [0.25, 0.3) is 0 Å². The van der Waals surface area contributed by atoms with Crippen LogP contribution in [0.2, 0.25) is 0 Å². The molecule has 1 aromatic carbocycles. The van der Waals surface area contributed by atoms with Crippen molar-refractivity contribution in [1.82, 2.24) is 4.98 Å². The lowest BCUT2D eigenvalue weighted by atomic mass is 10.1. The minimum atomic E-state index is -0.647. The van der Waals surface area contributed by atoms with E-state index in [0.717, 1.165) is 22.4 Å². The van der Waals surface area contributed by atoms with Crippen molar-refractivity contribution >= 4 is 5.97 Å². The highest BCUT2D eigenvalue weighted by atomic mass is 16.5. The van der Waals surface area contributed by atoms with Gasteiger partial charge in [-0.1, -0.05) is 0 Å². The first-order valence-electron chi connectivity index (χ1n) is 8.05. The molecule has 1 atom stereocenters. The summed E-state index contributed by atoms with van der Waals surface area (Å²) < 4.78 is 16.0. The third-order valence-electron chi connectivity index (χ3n) is 4.32. The van der Waals surface area contributed by atoms with Crippen LogP contribution in [0.15, 0.2) is 12.1 Å². The molecule has 1 heterocycles. The number of hydrogen-bond donors (Lipinski definition) is 2. The van der Waals surface area contributed by atoms with Crippen molar-refractivity contribution in [1.29, 1.82) is 0 Å². The van der Waals surface area contributed by atoms with Gasteiger partial charge in [-0.3, -0.25) is 0 Å². The van der Waals surface area contributed by atoms with Gasteiger partial charge in [0.15, 0.2) is 11.5 Å². The Morgan fingerprint density at radius 1 is 1.16 bits per heavy atom. The number of aliphatic hydroxyl groups is 1. The van der Waals surface area contributed by atoms with Crippen molar-refractivity contribution < 1.29 is 24.1 Å². The molecule has 2 aromatic rings. The summed E-state index contributed by atoms with van der Waals surface area (Å²) in [6, 6.07) is 3.65. The third-order valence-corrected chi connectivity index (χ3v) is 4.32. The Morgan fingerprint density at radius 3 is 2.28 bits per heavy atom. The summed E-state index contributed by atoms with van der Waals surface area (Å²) in [5.74, 6) is 0.761. The number of aryl methyl sites for hydroxylation is 2. The molecule has 2 N–H and O–H groups in total. The zero-order valence-electron chi connectivity index (χ0n) is 15.5. The van der Waals surface area contributed by atoms with Gasteiger partial charge in [-0.25, -0.2) is 4.79 Å². The Labute approximate surface area is 147 Å². The number of methoxy groups -OCH3 is 2. The summed E-state index contributed by atoms with van der Waals surface area (Å²) >= 11 is 0. The van der Waals surface area contributed by atoms with Gasteiger partial charge < -0.3 is 24.3 Å². The SMILES string of the molecule is COc1cc(C)c(COC(=O)c2[nH]c(C)c([C@H](C)O)c2C)cc1OC. The Kier molecular flexibility index (Phi) is 5.74. The normalized spacial score (nSPS) is 12.0. The predicted octanol–water partition coefficient (Wildman–Crippen LogP) is 3.37. The second-order valence-electron chi connectivity index (χ2n) is 6.05. The predicted molar refractivity (Wildman–Crippen MR) is 94.3 cm³/mol. The van der Waals surface area contributed by atoms with Crippen molar-refractivity contribution in [3.63, 3.8) is 0 Å². The van der Waals surface area contributed by atoms with Gasteiger partial charge in [-0.15, -0.1) is 0 Å². The zero-order chi connectivity index (χ0) is 18.7. The topological polar surface area (TPSA) is 80.8 Å². The summed E-state index contributed by atoms with van der Waals surface area (Å²) in [5, 5.41) is 9.83. The van der Waals surface area contributed by atoms with Gasteiger partial charge >= 0.3 is 5.97 Å². The maximum atomic E-state index is 12.4. The van der Waals surface area contributed by atoms with E-state index in [1.165, 1.54) is 0 Å². The van der Waals surface area contributed by atoms with Crippen LogP contribution in [0, 0.1) is 20.8 Å². The van der Waals surface area contributed by atoms with Gasteiger partial charge in [0, 0.05) is 11.3 Å². The van der Waals surface area contributed by atoms with Crippen molar-refractivity contribution in [2.75, 3.05) is 14.2 Å². The number of esters is 1. The van der Waals surface area contributed by atoms with Crippen LogP contribution in [0.1, 0.15) is 51.5 Å².